The number of carboxylic acids is 1. The van der Waals surface area contributed by atoms with Gasteiger partial charge < -0.3 is 15.3 Å². The summed E-state index contributed by atoms with van der Waals surface area (Å²) in [6.07, 6.45) is 3.87. The molecule has 0 spiro atoms. The number of hydrogen-bond acceptors (Lipinski definition) is 2. The second kappa shape index (κ2) is 6.61. The molecule has 1 unspecified atom stereocenters. The zero-order valence-electron chi connectivity index (χ0n) is 11.5. The van der Waals surface area contributed by atoms with Gasteiger partial charge in [-0.15, -0.1) is 0 Å². The lowest BCUT2D eigenvalue weighted by molar-refractivity contribution is -0.142. The number of nitrogens with zero attached hydrogens (tertiary/aromatic N) is 1. The van der Waals surface area contributed by atoms with Crippen LogP contribution < -0.4 is 5.32 Å². The van der Waals surface area contributed by atoms with Crippen molar-refractivity contribution >= 4 is 12.0 Å². The van der Waals surface area contributed by atoms with Crippen LogP contribution in [0.5, 0.6) is 0 Å². The number of hydrogen-bond donors (Lipinski definition) is 2. The Kier molecular flexibility index (Phi) is 5.44. The van der Waals surface area contributed by atoms with Crippen molar-refractivity contribution in [3.8, 4) is 0 Å². The fourth-order valence-electron chi connectivity index (χ4n) is 2.12. The van der Waals surface area contributed by atoms with Crippen molar-refractivity contribution in [1.82, 2.24) is 10.2 Å². The zero-order chi connectivity index (χ0) is 13.7. The summed E-state index contributed by atoms with van der Waals surface area (Å²) in [7, 11) is 1.78. The highest BCUT2D eigenvalue weighted by atomic mass is 16.4. The van der Waals surface area contributed by atoms with E-state index in [0.717, 1.165) is 12.8 Å². The van der Waals surface area contributed by atoms with E-state index in [2.05, 4.69) is 5.32 Å². The molecule has 2 amide bonds. The molecule has 2 N–H and O–H groups in total. The summed E-state index contributed by atoms with van der Waals surface area (Å²) in [6.45, 7) is 4.18. The summed E-state index contributed by atoms with van der Waals surface area (Å²) in [6, 6.07) is 0.174. The summed E-state index contributed by atoms with van der Waals surface area (Å²) < 4.78 is 0. The maximum atomic E-state index is 11.8. The Morgan fingerprint density at radius 1 is 1.39 bits per heavy atom. The van der Waals surface area contributed by atoms with Gasteiger partial charge in [0.15, 0.2) is 0 Å². The van der Waals surface area contributed by atoms with Crippen LogP contribution in [0.4, 0.5) is 4.79 Å². The van der Waals surface area contributed by atoms with Crippen LogP contribution >= 0.6 is 0 Å². The van der Waals surface area contributed by atoms with Crippen LogP contribution in [0.2, 0.25) is 0 Å². The number of carboxylic acid groups (broad SMARTS) is 1. The molecule has 1 saturated carbocycles. The molecule has 0 aromatic rings. The number of carbonyl (C=O) groups is 2. The Hall–Kier alpha value is -1.26. The van der Waals surface area contributed by atoms with Crippen molar-refractivity contribution in [3.63, 3.8) is 0 Å². The number of aliphatic carboxylic acids is 1. The number of carbonyl (C=O) groups excluding carboxylic acids is 1. The van der Waals surface area contributed by atoms with Gasteiger partial charge in [-0.1, -0.05) is 13.8 Å². The van der Waals surface area contributed by atoms with Crippen molar-refractivity contribution in [2.45, 2.75) is 45.6 Å². The third kappa shape index (κ3) is 4.20. The summed E-state index contributed by atoms with van der Waals surface area (Å²) in [5, 5.41) is 11.8. The summed E-state index contributed by atoms with van der Waals surface area (Å²) in [5.74, 6) is -1.02. The van der Waals surface area contributed by atoms with Gasteiger partial charge in [0.25, 0.3) is 0 Å². The lowest BCUT2D eigenvalue weighted by Crippen LogP contribution is -2.48. The minimum atomic E-state index is -0.838. The molecule has 5 nitrogen and oxygen atoms in total. The average molecular weight is 256 g/mol. The largest absolute Gasteiger partial charge is 0.481 e. The van der Waals surface area contributed by atoms with Crippen molar-refractivity contribution in [1.29, 1.82) is 0 Å². The lowest BCUT2D eigenvalue weighted by atomic mass is 9.92. The number of amides is 2. The zero-order valence-corrected chi connectivity index (χ0v) is 11.5. The molecule has 0 saturated heterocycles. The van der Waals surface area contributed by atoms with Gasteiger partial charge in [-0.05, 0) is 31.6 Å². The van der Waals surface area contributed by atoms with Crippen LogP contribution in [0, 0.1) is 11.8 Å². The molecule has 0 heterocycles. The van der Waals surface area contributed by atoms with E-state index < -0.39 is 11.9 Å². The molecule has 1 aliphatic rings. The van der Waals surface area contributed by atoms with Crippen molar-refractivity contribution in [3.05, 3.63) is 0 Å². The number of nitrogens with one attached hydrogen (secondary N) is 1. The Morgan fingerprint density at radius 2 is 2.00 bits per heavy atom. The normalized spacial score (nSPS) is 17.1. The molecular formula is C13H24N2O3. The van der Waals surface area contributed by atoms with Crippen LogP contribution in [-0.2, 0) is 4.79 Å². The van der Waals surface area contributed by atoms with Crippen molar-refractivity contribution in [2.75, 3.05) is 13.6 Å². The number of rotatable bonds is 6. The van der Waals surface area contributed by atoms with Gasteiger partial charge in [0.2, 0.25) is 0 Å². The first kappa shape index (κ1) is 14.8. The van der Waals surface area contributed by atoms with Crippen LogP contribution in [-0.4, -0.2) is 41.6 Å². The van der Waals surface area contributed by atoms with Gasteiger partial charge >= 0.3 is 12.0 Å². The molecule has 18 heavy (non-hydrogen) atoms. The topological polar surface area (TPSA) is 69.6 Å². The van der Waals surface area contributed by atoms with E-state index >= 15 is 0 Å². The van der Waals surface area contributed by atoms with Crippen LogP contribution in [0.25, 0.3) is 0 Å². The first-order chi connectivity index (χ1) is 8.41. The standard InChI is InChI=1S/C13H24N2O3/c1-9(2)7-10(12(16)17)8-14-13(18)15(3)11-5-4-6-11/h9-11H,4-8H2,1-3H3,(H,14,18)(H,16,17). The average Bonchev–Trinajstić information content (AvgIpc) is 2.20. The molecule has 0 aliphatic heterocycles. The monoisotopic (exact) mass is 256 g/mol. The van der Waals surface area contributed by atoms with E-state index in [1.807, 2.05) is 13.8 Å². The quantitative estimate of drug-likeness (QED) is 0.763. The Balaban J connectivity index is 2.36. The van der Waals surface area contributed by atoms with Crippen molar-refractivity contribution in [2.24, 2.45) is 11.8 Å². The molecule has 0 aromatic heterocycles. The van der Waals surface area contributed by atoms with Gasteiger partial charge in [-0.3, -0.25) is 4.79 Å². The molecule has 5 heteroatoms. The highest BCUT2D eigenvalue weighted by Gasteiger charge is 2.26. The van der Waals surface area contributed by atoms with Crippen LogP contribution in [0.1, 0.15) is 39.5 Å². The molecule has 1 aliphatic carbocycles. The van der Waals surface area contributed by atoms with E-state index in [9.17, 15) is 9.59 Å². The minimum absolute atomic E-state index is 0.158. The molecule has 1 rings (SSSR count). The first-order valence-electron chi connectivity index (χ1n) is 6.65. The molecule has 104 valence electrons. The second-order valence-electron chi connectivity index (χ2n) is 5.55. The lowest BCUT2D eigenvalue weighted by Gasteiger charge is -2.34. The molecule has 1 atom stereocenters. The predicted octanol–water partition coefficient (Wildman–Crippen LogP) is 1.93. The van der Waals surface area contributed by atoms with Crippen molar-refractivity contribution < 1.29 is 14.7 Å². The van der Waals surface area contributed by atoms with E-state index in [0.29, 0.717) is 18.4 Å². The van der Waals surface area contributed by atoms with Crippen LogP contribution in [0.3, 0.4) is 0 Å². The van der Waals surface area contributed by atoms with E-state index in [4.69, 9.17) is 5.11 Å². The van der Waals surface area contributed by atoms with E-state index in [-0.39, 0.29) is 12.6 Å². The third-order valence-corrected chi connectivity index (χ3v) is 3.55. The summed E-state index contributed by atoms with van der Waals surface area (Å²) in [5.41, 5.74) is 0. The smallest absolute Gasteiger partial charge is 0.317 e. The van der Waals surface area contributed by atoms with Gasteiger partial charge in [0, 0.05) is 19.6 Å². The Labute approximate surface area is 109 Å². The second-order valence-corrected chi connectivity index (χ2v) is 5.55. The highest BCUT2D eigenvalue weighted by molar-refractivity contribution is 5.76. The molecule has 0 radical (unpaired) electrons. The molecule has 0 bridgehead atoms. The van der Waals surface area contributed by atoms with Gasteiger partial charge in [0.1, 0.15) is 0 Å². The van der Waals surface area contributed by atoms with Gasteiger partial charge in [-0.25, -0.2) is 4.79 Å². The maximum Gasteiger partial charge on any atom is 0.317 e. The maximum absolute atomic E-state index is 11.8. The molecule has 0 aromatic carbocycles. The molecule has 1 fully saturated rings. The van der Waals surface area contributed by atoms with E-state index in [1.54, 1.807) is 11.9 Å². The van der Waals surface area contributed by atoms with Gasteiger partial charge in [0.05, 0.1) is 5.92 Å². The number of urea groups is 1. The van der Waals surface area contributed by atoms with E-state index in [1.165, 1.54) is 6.42 Å². The Morgan fingerprint density at radius 3 is 2.39 bits per heavy atom. The fraction of sp³-hybridized carbons (Fsp3) is 0.846. The SMILES string of the molecule is CC(C)CC(CNC(=O)N(C)C1CCC1)C(=O)O. The molecular weight excluding hydrogens is 232 g/mol. The first-order valence-corrected chi connectivity index (χ1v) is 6.65. The minimum Gasteiger partial charge on any atom is -0.481 e. The Bertz CT molecular complexity index is 301. The van der Waals surface area contributed by atoms with Gasteiger partial charge in [-0.2, -0.15) is 0 Å². The predicted molar refractivity (Wildman–Crippen MR) is 69.4 cm³/mol. The third-order valence-electron chi connectivity index (χ3n) is 3.55. The highest BCUT2D eigenvalue weighted by Crippen LogP contribution is 2.23. The fourth-order valence-corrected chi connectivity index (χ4v) is 2.12. The van der Waals surface area contributed by atoms with Crippen LogP contribution in [0.15, 0.2) is 0 Å². The summed E-state index contributed by atoms with van der Waals surface area (Å²) in [4.78, 5) is 24.6. The summed E-state index contributed by atoms with van der Waals surface area (Å²) >= 11 is 0.